The molecule has 3 fully saturated rings. The smallest absolute Gasteiger partial charge is 0.00723 e. The van der Waals surface area contributed by atoms with Gasteiger partial charge in [0.05, 0.1) is 0 Å². The highest BCUT2D eigenvalue weighted by molar-refractivity contribution is 4.95. The molecule has 0 radical (unpaired) electrons. The van der Waals surface area contributed by atoms with Crippen molar-refractivity contribution in [2.45, 2.75) is 64.0 Å². The Kier molecular flexibility index (Phi) is 2.31. The molecule has 1 nitrogen and oxygen atoms in total. The monoisotopic (exact) mass is 193 g/mol. The average molecular weight is 193 g/mol. The molecule has 4 atom stereocenters. The number of hydrogen-bond acceptors (Lipinski definition) is 1. The van der Waals surface area contributed by atoms with Crippen LogP contribution in [0.5, 0.6) is 0 Å². The molecule has 4 unspecified atom stereocenters. The summed E-state index contributed by atoms with van der Waals surface area (Å²) >= 11 is 0. The lowest BCUT2D eigenvalue weighted by Crippen LogP contribution is -2.45. The molecule has 1 heteroatoms. The molecule has 1 N–H and O–H groups in total. The third-order valence-electron chi connectivity index (χ3n) is 5.04. The summed E-state index contributed by atoms with van der Waals surface area (Å²) in [6, 6.07) is 1.68. The highest BCUT2D eigenvalue weighted by atomic mass is 15.0. The van der Waals surface area contributed by atoms with E-state index in [1.807, 2.05) is 0 Å². The molecule has 0 heterocycles. The number of rotatable bonds is 3. The lowest BCUT2D eigenvalue weighted by atomic mass is 9.82. The Morgan fingerprint density at radius 3 is 2.43 bits per heavy atom. The highest BCUT2D eigenvalue weighted by Crippen LogP contribution is 2.49. The molecule has 0 aromatic heterocycles. The molecule has 3 aliphatic rings. The summed E-state index contributed by atoms with van der Waals surface area (Å²) in [6.45, 7) is 2.43. The van der Waals surface area contributed by atoms with Gasteiger partial charge in [0, 0.05) is 12.1 Å². The Hall–Kier alpha value is -0.0400. The molecule has 0 amide bonds. The van der Waals surface area contributed by atoms with Gasteiger partial charge in [-0.3, -0.25) is 0 Å². The number of fused-ring (bicyclic) bond motifs is 2. The average Bonchev–Trinajstić information content (AvgIpc) is 2.71. The van der Waals surface area contributed by atoms with Crippen LogP contribution < -0.4 is 5.32 Å². The van der Waals surface area contributed by atoms with E-state index >= 15 is 0 Å². The molecule has 14 heavy (non-hydrogen) atoms. The molecule has 80 valence electrons. The second kappa shape index (κ2) is 3.52. The molecular formula is C13H23N. The van der Waals surface area contributed by atoms with Crippen molar-refractivity contribution >= 4 is 0 Å². The zero-order chi connectivity index (χ0) is 9.54. The minimum Gasteiger partial charge on any atom is -0.311 e. The Morgan fingerprint density at radius 1 is 1.07 bits per heavy atom. The lowest BCUT2D eigenvalue weighted by Gasteiger charge is -2.35. The van der Waals surface area contributed by atoms with Crippen LogP contribution in [0.15, 0.2) is 0 Å². The van der Waals surface area contributed by atoms with Gasteiger partial charge in [-0.25, -0.2) is 0 Å². The van der Waals surface area contributed by atoms with E-state index in [1.54, 1.807) is 6.42 Å². The van der Waals surface area contributed by atoms with E-state index in [2.05, 4.69) is 12.2 Å². The van der Waals surface area contributed by atoms with E-state index in [9.17, 15) is 0 Å². The second-order valence-electron chi connectivity index (χ2n) is 5.92. The summed E-state index contributed by atoms with van der Waals surface area (Å²) in [5, 5.41) is 3.84. The van der Waals surface area contributed by atoms with Crippen LogP contribution in [-0.2, 0) is 0 Å². The van der Waals surface area contributed by atoms with Crippen molar-refractivity contribution in [2.75, 3.05) is 0 Å². The number of nitrogens with one attached hydrogen (secondary N) is 1. The van der Waals surface area contributed by atoms with Gasteiger partial charge < -0.3 is 5.32 Å². The quantitative estimate of drug-likeness (QED) is 0.726. The van der Waals surface area contributed by atoms with Crippen molar-refractivity contribution in [1.29, 1.82) is 0 Å². The molecule has 0 aliphatic heterocycles. The van der Waals surface area contributed by atoms with Crippen LogP contribution in [0.3, 0.4) is 0 Å². The van der Waals surface area contributed by atoms with Gasteiger partial charge >= 0.3 is 0 Å². The molecule has 0 aromatic carbocycles. The van der Waals surface area contributed by atoms with Crippen LogP contribution >= 0.6 is 0 Å². The first-order chi connectivity index (χ1) is 6.83. The molecule has 2 bridgehead atoms. The first-order valence-electron chi connectivity index (χ1n) is 6.59. The van der Waals surface area contributed by atoms with E-state index < -0.39 is 0 Å². The largest absolute Gasteiger partial charge is 0.311 e. The molecule has 3 rings (SSSR count). The molecule has 0 aromatic rings. The van der Waals surface area contributed by atoms with Crippen LogP contribution in [0.4, 0.5) is 0 Å². The Balaban J connectivity index is 1.54. The van der Waals surface area contributed by atoms with E-state index in [-0.39, 0.29) is 0 Å². The summed E-state index contributed by atoms with van der Waals surface area (Å²) in [4.78, 5) is 0. The Bertz CT molecular complexity index is 209. The minimum atomic E-state index is 0.801. The van der Waals surface area contributed by atoms with Crippen LogP contribution in [0.25, 0.3) is 0 Å². The third-order valence-corrected chi connectivity index (χ3v) is 5.04. The van der Waals surface area contributed by atoms with E-state index in [0.717, 1.165) is 29.8 Å². The van der Waals surface area contributed by atoms with E-state index in [4.69, 9.17) is 0 Å². The highest BCUT2D eigenvalue weighted by Gasteiger charge is 2.42. The molecule has 3 saturated carbocycles. The zero-order valence-corrected chi connectivity index (χ0v) is 9.34. The maximum atomic E-state index is 3.84. The summed E-state index contributed by atoms with van der Waals surface area (Å²) < 4.78 is 0. The lowest BCUT2D eigenvalue weighted by molar-refractivity contribution is 0.214. The predicted molar refractivity (Wildman–Crippen MR) is 59.2 cm³/mol. The fraction of sp³-hybridized carbons (Fsp3) is 1.00. The Morgan fingerprint density at radius 2 is 1.93 bits per heavy atom. The summed E-state index contributed by atoms with van der Waals surface area (Å²) in [5.41, 5.74) is 0. The van der Waals surface area contributed by atoms with Gasteiger partial charge in [-0.1, -0.05) is 12.8 Å². The van der Waals surface area contributed by atoms with Crippen molar-refractivity contribution in [1.82, 2.24) is 5.32 Å². The maximum absolute atomic E-state index is 3.84. The van der Waals surface area contributed by atoms with E-state index in [0.29, 0.717) is 0 Å². The molecular weight excluding hydrogens is 170 g/mol. The summed E-state index contributed by atoms with van der Waals surface area (Å²) in [6.07, 6.45) is 10.5. The fourth-order valence-electron chi connectivity index (χ4n) is 3.98. The SMILES string of the molecule is CC(NC1CCC1)C1CC2CCC1C2. The van der Waals surface area contributed by atoms with Crippen molar-refractivity contribution in [3.8, 4) is 0 Å². The Labute approximate surface area is 87.7 Å². The van der Waals surface area contributed by atoms with Gasteiger partial charge in [-0.05, 0) is 56.8 Å². The van der Waals surface area contributed by atoms with Crippen molar-refractivity contribution < 1.29 is 0 Å². The van der Waals surface area contributed by atoms with E-state index in [1.165, 1.54) is 38.5 Å². The van der Waals surface area contributed by atoms with Gasteiger partial charge in [-0.2, -0.15) is 0 Å². The normalized spacial score (nSPS) is 43.9. The standard InChI is InChI=1S/C13H23N/c1-9(14-12-3-2-4-12)13-8-10-5-6-11(13)7-10/h9-14H,2-8H2,1H3. The van der Waals surface area contributed by atoms with Crippen LogP contribution in [0.1, 0.15) is 51.9 Å². The van der Waals surface area contributed by atoms with Gasteiger partial charge in [0.2, 0.25) is 0 Å². The molecule has 0 saturated heterocycles. The third kappa shape index (κ3) is 1.50. The summed E-state index contributed by atoms with van der Waals surface area (Å²) in [7, 11) is 0. The van der Waals surface area contributed by atoms with Crippen molar-refractivity contribution in [2.24, 2.45) is 17.8 Å². The minimum absolute atomic E-state index is 0.801. The van der Waals surface area contributed by atoms with Gasteiger partial charge in [0.25, 0.3) is 0 Å². The van der Waals surface area contributed by atoms with Gasteiger partial charge in [0.1, 0.15) is 0 Å². The van der Waals surface area contributed by atoms with Crippen molar-refractivity contribution in [3.63, 3.8) is 0 Å². The topological polar surface area (TPSA) is 12.0 Å². The van der Waals surface area contributed by atoms with Crippen LogP contribution in [-0.4, -0.2) is 12.1 Å². The second-order valence-corrected chi connectivity index (χ2v) is 5.92. The van der Waals surface area contributed by atoms with Gasteiger partial charge in [-0.15, -0.1) is 0 Å². The zero-order valence-electron chi connectivity index (χ0n) is 9.34. The van der Waals surface area contributed by atoms with Gasteiger partial charge in [0.15, 0.2) is 0 Å². The first-order valence-corrected chi connectivity index (χ1v) is 6.59. The fourth-order valence-corrected chi connectivity index (χ4v) is 3.98. The van der Waals surface area contributed by atoms with Crippen molar-refractivity contribution in [3.05, 3.63) is 0 Å². The summed E-state index contributed by atoms with van der Waals surface area (Å²) in [5.74, 6) is 3.22. The number of hydrogen-bond donors (Lipinski definition) is 1. The van der Waals surface area contributed by atoms with Crippen LogP contribution in [0, 0.1) is 17.8 Å². The molecule has 0 spiro atoms. The predicted octanol–water partition coefficient (Wildman–Crippen LogP) is 2.95. The van der Waals surface area contributed by atoms with Crippen LogP contribution in [0.2, 0.25) is 0 Å². The maximum Gasteiger partial charge on any atom is 0.00723 e. The molecule has 3 aliphatic carbocycles. The first kappa shape index (κ1) is 9.21.